The van der Waals surface area contributed by atoms with E-state index in [2.05, 4.69) is 15.5 Å². The third-order valence-electron chi connectivity index (χ3n) is 4.56. The summed E-state index contributed by atoms with van der Waals surface area (Å²) in [7, 11) is 0. The van der Waals surface area contributed by atoms with Crippen LogP contribution < -0.4 is 10.5 Å². The van der Waals surface area contributed by atoms with Gasteiger partial charge in [0.15, 0.2) is 0 Å². The number of nitrogens with one attached hydrogen (secondary N) is 1. The van der Waals surface area contributed by atoms with Gasteiger partial charge in [-0.3, -0.25) is 4.79 Å². The van der Waals surface area contributed by atoms with Crippen molar-refractivity contribution in [3.63, 3.8) is 0 Å². The number of hydrogen-bond acceptors (Lipinski definition) is 5. The highest BCUT2D eigenvalue weighted by Gasteiger charge is 2.13. The molecule has 3 aromatic carbocycles. The summed E-state index contributed by atoms with van der Waals surface area (Å²) in [5.74, 6) is -1.61. The molecule has 6 nitrogen and oxygen atoms in total. The van der Waals surface area contributed by atoms with Gasteiger partial charge in [0.1, 0.15) is 0 Å². The molecular weight excluding hydrogens is 378 g/mol. The fourth-order valence-electron chi connectivity index (χ4n) is 3.05. The van der Waals surface area contributed by atoms with Crippen LogP contribution in [0, 0.1) is 0 Å². The lowest BCUT2D eigenvalue weighted by molar-refractivity contribution is -0.255. The van der Waals surface area contributed by atoms with Crippen LogP contribution in [0.15, 0.2) is 90.0 Å². The molecule has 0 spiro atoms. The number of pyridine rings is 1. The fraction of sp³-hybridized carbons (Fsp3) is 0. The van der Waals surface area contributed by atoms with Gasteiger partial charge in [-0.25, -0.2) is 10.4 Å². The first-order valence-corrected chi connectivity index (χ1v) is 9.22. The van der Waals surface area contributed by atoms with Crippen molar-refractivity contribution in [2.45, 2.75) is 0 Å². The van der Waals surface area contributed by atoms with Crippen molar-refractivity contribution in [3.05, 3.63) is 102 Å². The molecule has 0 aliphatic rings. The van der Waals surface area contributed by atoms with Crippen LogP contribution in [0.2, 0.25) is 0 Å². The molecule has 30 heavy (non-hydrogen) atoms. The number of hydrazone groups is 1. The summed E-state index contributed by atoms with van der Waals surface area (Å²) in [6.45, 7) is 0. The van der Waals surface area contributed by atoms with Gasteiger partial charge in [-0.15, -0.1) is 0 Å². The Bertz CT molecular complexity index is 1250. The molecule has 0 radical (unpaired) electrons. The van der Waals surface area contributed by atoms with Crippen molar-refractivity contribution in [1.29, 1.82) is 0 Å². The van der Waals surface area contributed by atoms with E-state index in [-0.39, 0.29) is 11.5 Å². The van der Waals surface area contributed by atoms with Gasteiger partial charge in [0.05, 0.1) is 29.0 Å². The summed E-state index contributed by atoms with van der Waals surface area (Å²) >= 11 is 0. The average molecular weight is 394 g/mol. The Morgan fingerprint density at radius 2 is 1.60 bits per heavy atom. The zero-order chi connectivity index (χ0) is 20.9. The molecule has 0 bridgehead atoms. The number of aromatic carboxylic acids is 1. The molecule has 0 unspecified atom stereocenters. The first-order valence-electron chi connectivity index (χ1n) is 9.22. The zero-order valence-corrected chi connectivity index (χ0v) is 15.8. The quantitative estimate of drug-likeness (QED) is 0.416. The van der Waals surface area contributed by atoms with Gasteiger partial charge in [0.25, 0.3) is 5.91 Å². The highest BCUT2D eigenvalue weighted by Crippen LogP contribution is 2.24. The first kappa shape index (κ1) is 19.0. The number of amides is 1. The highest BCUT2D eigenvalue weighted by molar-refractivity contribution is 6.07. The average Bonchev–Trinajstić information content (AvgIpc) is 2.79. The maximum Gasteiger partial charge on any atom is 0.272 e. The number of carbonyl (C=O) groups is 2. The molecular formula is C24H16N3O3-. The summed E-state index contributed by atoms with van der Waals surface area (Å²) in [5, 5.41) is 15.5. The summed E-state index contributed by atoms with van der Waals surface area (Å²) in [5.41, 5.74) is 6.03. The lowest BCUT2D eigenvalue weighted by Crippen LogP contribution is -2.22. The highest BCUT2D eigenvalue weighted by atomic mass is 16.4. The van der Waals surface area contributed by atoms with Crippen molar-refractivity contribution in [1.82, 2.24) is 10.4 Å². The molecule has 1 heterocycles. The van der Waals surface area contributed by atoms with E-state index in [0.717, 1.165) is 10.9 Å². The van der Waals surface area contributed by atoms with E-state index in [4.69, 9.17) is 0 Å². The van der Waals surface area contributed by atoms with E-state index in [1.165, 1.54) is 18.3 Å². The first-order chi connectivity index (χ1) is 14.6. The van der Waals surface area contributed by atoms with E-state index in [9.17, 15) is 14.7 Å². The molecule has 0 fully saturated rings. The number of carboxylic acid groups (broad SMARTS) is 1. The van der Waals surface area contributed by atoms with Crippen LogP contribution >= 0.6 is 0 Å². The predicted molar refractivity (Wildman–Crippen MR) is 113 cm³/mol. The molecule has 0 saturated heterocycles. The van der Waals surface area contributed by atoms with E-state index >= 15 is 0 Å². The number of nitrogens with zero attached hydrogens (tertiary/aromatic N) is 2. The molecule has 6 heteroatoms. The molecule has 1 aromatic heterocycles. The summed E-state index contributed by atoms with van der Waals surface area (Å²) in [4.78, 5) is 28.3. The third-order valence-corrected chi connectivity index (χ3v) is 4.56. The molecule has 1 N–H and O–H groups in total. The molecule has 146 valence electrons. The third kappa shape index (κ3) is 4.07. The van der Waals surface area contributed by atoms with E-state index in [0.29, 0.717) is 22.3 Å². The summed E-state index contributed by atoms with van der Waals surface area (Å²) in [6.07, 6.45) is 1.44. The number of hydrogen-bond donors (Lipinski definition) is 1. The topological polar surface area (TPSA) is 94.5 Å². The van der Waals surface area contributed by atoms with Gasteiger partial charge < -0.3 is 9.90 Å². The molecule has 0 atom stereocenters. The molecule has 4 rings (SSSR count). The van der Waals surface area contributed by atoms with Crippen molar-refractivity contribution >= 4 is 29.0 Å². The minimum Gasteiger partial charge on any atom is -0.545 e. The Hall–Kier alpha value is -4.32. The molecule has 1 amide bonds. The lowest BCUT2D eigenvalue weighted by atomic mass is 10.0. The SMILES string of the molecule is O=C([O-])c1ccc(C=NNC(=O)c2cc(-c3ccccc3)nc3ccccc23)cc1. The van der Waals surface area contributed by atoms with E-state index in [1.54, 1.807) is 18.2 Å². The minimum absolute atomic E-state index is 0.0767. The predicted octanol–water partition coefficient (Wildman–Crippen LogP) is 3.03. The number of carbonyl (C=O) groups excluding carboxylic acids is 2. The van der Waals surface area contributed by atoms with Crippen LogP contribution in [0.1, 0.15) is 26.3 Å². The zero-order valence-electron chi connectivity index (χ0n) is 15.8. The van der Waals surface area contributed by atoms with Crippen LogP contribution in [-0.2, 0) is 0 Å². The van der Waals surface area contributed by atoms with Crippen molar-refractivity contribution in [2.75, 3.05) is 0 Å². The number of benzene rings is 3. The smallest absolute Gasteiger partial charge is 0.272 e. The number of carboxylic acids is 1. The van der Waals surface area contributed by atoms with Gasteiger partial charge in [-0.05, 0) is 23.3 Å². The number of rotatable bonds is 5. The van der Waals surface area contributed by atoms with Crippen LogP contribution in [0.4, 0.5) is 0 Å². The van der Waals surface area contributed by atoms with Gasteiger partial charge >= 0.3 is 0 Å². The van der Waals surface area contributed by atoms with Crippen molar-refractivity contribution < 1.29 is 14.7 Å². The van der Waals surface area contributed by atoms with Crippen molar-refractivity contribution in [2.24, 2.45) is 5.10 Å². The van der Waals surface area contributed by atoms with Crippen LogP contribution in [0.5, 0.6) is 0 Å². The molecule has 0 aliphatic heterocycles. The minimum atomic E-state index is -1.24. The normalized spacial score (nSPS) is 10.9. The van der Waals surface area contributed by atoms with Gasteiger partial charge in [-0.1, -0.05) is 72.8 Å². The lowest BCUT2D eigenvalue weighted by Gasteiger charge is -2.09. The van der Waals surface area contributed by atoms with E-state index < -0.39 is 5.97 Å². The maximum atomic E-state index is 12.8. The number of fused-ring (bicyclic) bond motifs is 1. The van der Waals surface area contributed by atoms with Gasteiger partial charge in [0, 0.05) is 10.9 Å². The largest absolute Gasteiger partial charge is 0.545 e. The Morgan fingerprint density at radius 1 is 0.900 bits per heavy atom. The van der Waals surface area contributed by atoms with Crippen molar-refractivity contribution in [3.8, 4) is 11.3 Å². The second kappa shape index (κ2) is 8.36. The number of para-hydroxylation sites is 1. The monoisotopic (exact) mass is 394 g/mol. The summed E-state index contributed by atoms with van der Waals surface area (Å²) < 4.78 is 0. The Labute approximate surface area is 172 Å². The Morgan fingerprint density at radius 3 is 2.33 bits per heavy atom. The van der Waals surface area contributed by atoms with Crippen LogP contribution in [-0.4, -0.2) is 23.1 Å². The standard InChI is InChI=1S/C24H17N3O3/c28-23(27-25-15-16-10-12-18(13-11-16)24(29)30)20-14-22(17-6-2-1-3-7-17)26-21-9-5-4-8-19(20)21/h1-15H,(H,27,28)(H,29,30)/p-1. The maximum absolute atomic E-state index is 12.8. The second-order valence-corrected chi connectivity index (χ2v) is 6.55. The van der Waals surface area contributed by atoms with Gasteiger partial charge in [-0.2, -0.15) is 5.10 Å². The van der Waals surface area contributed by atoms with Crippen LogP contribution in [0.25, 0.3) is 22.2 Å². The number of aromatic nitrogens is 1. The Kier molecular flexibility index (Phi) is 5.30. The fourth-order valence-corrected chi connectivity index (χ4v) is 3.05. The van der Waals surface area contributed by atoms with Gasteiger partial charge in [0.2, 0.25) is 0 Å². The molecule has 4 aromatic rings. The molecule has 0 saturated carbocycles. The van der Waals surface area contributed by atoms with E-state index in [1.807, 2.05) is 54.6 Å². The second-order valence-electron chi connectivity index (χ2n) is 6.55. The Balaban J connectivity index is 1.61. The van der Waals surface area contributed by atoms with Crippen LogP contribution in [0.3, 0.4) is 0 Å². The summed E-state index contributed by atoms with van der Waals surface area (Å²) in [6, 6.07) is 24.8. The molecule has 0 aliphatic carbocycles.